The second kappa shape index (κ2) is 8.76. The molecule has 0 heterocycles. The van der Waals surface area contributed by atoms with Crippen molar-refractivity contribution in [2.24, 2.45) is 34.5 Å². The molecule has 0 aromatic carbocycles. The molecule has 0 aromatic heterocycles. The minimum atomic E-state index is -2.05. The van der Waals surface area contributed by atoms with Gasteiger partial charge >= 0.3 is 6.09 Å². The number of nitrogens with one attached hydrogen (secondary N) is 1. The molecule has 4 unspecified atom stereocenters. The summed E-state index contributed by atoms with van der Waals surface area (Å²) in [7, 11) is 0. The molecular weight excluding hydrogens is 465 g/mol. The molecule has 0 saturated heterocycles. The van der Waals surface area contributed by atoms with E-state index in [0.29, 0.717) is 24.8 Å². The number of alkyl carbamates (subject to hydrolysis) is 1. The summed E-state index contributed by atoms with van der Waals surface area (Å²) in [5.41, 5.74) is -5.31. The van der Waals surface area contributed by atoms with Gasteiger partial charge in [0, 0.05) is 28.7 Å². The van der Waals surface area contributed by atoms with Gasteiger partial charge in [0.1, 0.15) is 6.61 Å². The second-order valence-corrected chi connectivity index (χ2v) is 12.3. The third-order valence-corrected chi connectivity index (χ3v) is 10.3. The number of alkyl halides is 1. The van der Waals surface area contributed by atoms with E-state index >= 15 is 4.39 Å². The highest BCUT2D eigenvalue weighted by Crippen LogP contribution is 2.71. The Kier molecular flexibility index (Phi) is 6.57. The summed E-state index contributed by atoms with van der Waals surface area (Å²) >= 11 is 0. The largest absolute Gasteiger partial charge is 0.434 e. The molecule has 4 rings (SSSR count). The number of allylic oxidation sites excluding steroid dienone is 4. The normalized spacial score (nSPS) is 44.3. The Bertz CT molecular complexity index is 1020. The molecular formula is C28H40FNO6. The van der Waals surface area contributed by atoms with Crippen molar-refractivity contribution >= 4 is 17.7 Å². The van der Waals surface area contributed by atoms with E-state index in [1.165, 1.54) is 12.2 Å². The van der Waals surface area contributed by atoms with Crippen LogP contribution in [0.3, 0.4) is 0 Å². The molecule has 3 N–H and O–H groups in total. The SMILES string of the molecule is CC(C)C(C)NC(=O)O[C@@]1(C(=O)CO)[C@@H](C)CC2C3CCC4=CC(=O)C=C[C@]4(C)C3(F)[C@@H](O)C[C@@]21C. The average Bonchev–Trinajstić information content (AvgIpc) is 3.01. The third-order valence-electron chi connectivity index (χ3n) is 10.3. The minimum Gasteiger partial charge on any atom is -0.434 e. The number of carbonyl (C=O) groups is 3. The van der Waals surface area contributed by atoms with Crippen LogP contribution in [-0.4, -0.2) is 57.9 Å². The highest BCUT2D eigenvalue weighted by atomic mass is 19.1. The van der Waals surface area contributed by atoms with Crippen LogP contribution in [0.25, 0.3) is 0 Å². The maximum absolute atomic E-state index is 17.3. The van der Waals surface area contributed by atoms with Gasteiger partial charge in [-0.1, -0.05) is 39.3 Å². The van der Waals surface area contributed by atoms with E-state index in [1.807, 2.05) is 20.8 Å². The Morgan fingerprint density at radius 2 is 1.92 bits per heavy atom. The first kappa shape index (κ1) is 27.0. The number of ether oxygens (including phenoxy) is 1. The van der Waals surface area contributed by atoms with Crippen molar-refractivity contribution in [3.8, 4) is 0 Å². The molecule has 4 aliphatic rings. The first-order chi connectivity index (χ1) is 16.7. The number of aliphatic hydroxyl groups excluding tert-OH is 2. The number of amides is 1. The lowest BCUT2D eigenvalue weighted by Gasteiger charge is -2.62. The number of Topliss-reactive ketones (excluding diaryl/α,β-unsaturated/α-hetero) is 1. The first-order valence-electron chi connectivity index (χ1n) is 13.1. The number of hydrogen-bond donors (Lipinski definition) is 3. The Labute approximate surface area is 212 Å². The number of halogens is 1. The topological polar surface area (TPSA) is 113 Å². The summed E-state index contributed by atoms with van der Waals surface area (Å²) in [6.45, 7) is 10.3. The van der Waals surface area contributed by atoms with Crippen molar-refractivity contribution in [1.82, 2.24) is 5.32 Å². The lowest BCUT2D eigenvalue weighted by molar-refractivity contribution is -0.219. The quantitative estimate of drug-likeness (QED) is 0.526. The van der Waals surface area contributed by atoms with Crippen LogP contribution in [0.15, 0.2) is 23.8 Å². The van der Waals surface area contributed by atoms with Crippen LogP contribution in [0.1, 0.15) is 67.2 Å². The number of carbonyl (C=O) groups excluding carboxylic acids is 3. The zero-order valence-electron chi connectivity index (χ0n) is 22.1. The Morgan fingerprint density at radius 3 is 2.53 bits per heavy atom. The molecule has 8 heteroatoms. The van der Waals surface area contributed by atoms with Gasteiger partial charge in [0.2, 0.25) is 5.78 Å². The van der Waals surface area contributed by atoms with Gasteiger partial charge in [-0.3, -0.25) is 9.59 Å². The van der Waals surface area contributed by atoms with Crippen molar-refractivity contribution < 1.29 is 33.7 Å². The lowest BCUT2D eigenvalue weighted by Crippen LogP contribution is -2.70. The zero-order chi connectivity index (χ0) is 26.8. The summed E-state index contributed by atoms with van der Waals surface area (Å²) in [5, 5.41) is 24.3. The molecule has 0 spiro atoms. The van der Waals surface area contributed by atoms with E-state index in [-0.39, 0.29) is 30.1 Å². The molecule has 0 aromatic rings. The number of ketones is 2. The van der Waals surface area contributed by atoms with Gasteiger partial charge in [0.25, 0.3) is 0 Å². The van der Waals surface area contributed by atoms with E-state index in [0.717, 1.165) is 0 Å². The van der Waals surface area contributed by atoms with E-state index in [1.54, 1.807) is 26.8 Å². The number of aliphatic hydroxyl groups is 2. The predicted octanol–water partition coefficient (Wildman–Crippen LogP) is 3.67. The number of hydrogen-bond acceptors (Lipinski definition) is 6. The maximum Gasteiger partial charge on any atom is 0.408 e. The Balaban J connectivity index is 1.78. The minimum absolute atomic E-state index is 0.113. The van der Waals surface area contributed by atoms with E-state index in [9.17, 15) is 24.6 Å². The Morgan fingerprint density at radius 1 is 1.25 bits per heavy atom. The average molecular weight is 506 g/mol. The van der Waals surface area contributed by atoms with Crippen molar-refractivity contribution in [3.05, 3.63) is 23.8 Å². The molecule has 7 nitrogen and oxygen atoms in total. The van der Waals surface area contributed by atoms with Gasteiger partial charge < -0.3 is 20.3 Å². The van der Waals surface area contributed by atoms with E-state index in [4.69, 9.17) is 4.74 Å². The summed E-state index contributed by atoms with van der Waals surface area (Å²) in [6, 6.07) is -0.209. The summed E-state index contributed by atoms with van der Waals surface area (Å²) in [5.74, 6) is -2.17. The monoisotopic (exact) mass is 505 g/mol. The van der Waals surface area contributed by atoms with Gasteiger partial charge in [-0.2, -0.15) is 0 Å². The summed E-state index contributed by atoms with van der Waals surface area (Å²) in [6.07, 6.45) is 3.43. The van der Waals surface area contributed by atoms with Crippen LogP contribution in [0.5, 0.6) is 0 Å². The molecule has 3 saturated carbocycles. The van der Waals surface area contributed by atoms with Gasteiger partial charge in [-0.05, 0) is 63.5 Å². The molecule has 1 amide bonds. The van der Waals surface area contributed by atoms with Crippen molar-refractivity contribution in [2.75, 3.05) is 6.61 Å². The molecule has 0 bridgehead atoms. The van der Waals surface area contributed by atoms with Crippen LogP contribution < -0.4 is 5.32 Å². The van der Waals surface area contributed by atoms with Crippen LogP contribution in [0.4, 0.5) is 9.18 Å². The molecule has 3 fully saturated rings. The van der Waals surface area contributed by atoms with Crippen molar-refractivity contribution in [3.63, 3.8) is 0 Å². The molecule has 0 radical (unpaired) electrons. The highest BCUT2D eigenvalue weighted by Gasteiger charge is 2.77. The fourth-order valence-corrected chi connectivity index (χ4v) is 8.04. The number of fused-ring (bicyclic) bond motifs is 5. The van der Waals surface area contributed by atoms with Gasteiger partial charge in [-0.15, -0.1) is 0 Å². The molecule has 200 valence electrons. The summed E-state index contributed by atoms with van der Waals surface area (Å²) < 4.78 is 23.3. The highest BCUT2D eigenvalue weighted by molar-refractivity contribution is 6.01. The van der Waals surface area contributed by atoms with Crippen LogP contribution in [-0.2, 0) is 14.3 Å². The van der Waals surface area contributed by atoms with Crippen LogP contribution in [0, 0.1) is 34.5 Å². The fraction of sp³-hybridized carbons (Fsp3) is 0.750. The van der Waals surface area contributed by atoms with Gasteiger partial charge in [-0.25, -0.2) is 9.18 Å². The van der Waals surface area contributed by atoms with Crippen LogP contribution in [0.2, 0.25) is 0 Å². The van der Waals surface area contributed by atoms with Gasteiger partial charge in [0.15, 0.2) is 17.1 Å². The molecule has 9 atom stereocenters. The number of rotatable bonds is 5. The predicted molar refractivity (Wildman–Crippen MR) is 132 cm³/mol. The first-order valence-corrected chi connectivity index (χ1v) is 13.1. The fourth-order valence-electron chi connectivity index (χ4n) is 8.04. The van der Waals surface area contributed by atoms with Crippen molar-refractivity contribution in [1.29, 1.82) is 0 Å². The second-order valence-electron chi connectivity index (χ2n) is 12.3. The van der Waals surface area contributed by atoms with Crippen LogP contribution >= 0.6 is 0 Å². The van der Waals surface area contributed by atoms with E-state index < -0.39 is 58.5 Å². The van der Waals surface area contributed by atoms with E-state index in [2.05, 4.69) is 5.32 Å². The molecule has 4 aliphatic carbocycles. The van der Waals surface area contributed by atoms with Gasteiger partial charge in [0.05, 0.1) is 6.10 Å². The maximum atomic E-state index is 17.3. The summed E-state index contributed by atoms with van der Waals surface area (Å²) in [4.78, 5) is 38.5. The molecule has 0 aliphatic heterocycles. The van der Waals surface area contributed by atoms with Crippen molar-refractivity contribution in [2.45, 2.75) is 90.6 Å². The zero-order valence-corrected chi connectivity index (χ0v) is 22.1. The molecule has 36 heavy (non-hydrogen) atoms. The standard InChI is InChI=1S/C28H40FNO6/c1-15(2)17(4)30-24(35)36-28(23(34)14-31)16(3)11-21-20-8-7-18-12-19(32)9-10-25(18,5)27(20,29)22(33)13-26(21,28)6/h9-10,12,15-17,20-22,31,33H,7-8,11,13-14H2,1-6H3,(H,30,35)/t16-,17?,20?,21?,22-,25-,26-,27?,28+/m0/s1. The third kappa shape index (κ3) is 3.39. The smallest absolute Gasteiger partial charge is 0.408 e. The Hall–Kier alpha value is -2.06. The lowest BCUT2D eigenvalue weighted by atomic mass is 9.44.